The summed E-state index contributed by atoms with van der Waals surface area (Å²) < 4.78 is 34.9. The van der Waals surface area contributed by atoms with Crippen LogP contribution >= 0.6 is 0 Å². The van der Waals surface area contributed by atoms with Crippen LogP contribution in [0.4, 0.5) is 5.69 Å². The smallest absolute Gasteiger partial charge is 0.283 e. The summed E-state index contributed by atoms with van der Waals surface area (Å²) in [6.07, 6.45) is 2.27. The topological polar surface area (TPSA) is 84.7 Å². The number of methoxy groups -OCH3 is 1. The van der Waals surface area contributed by atoms with Crippen LogP contribution in [0, 0.1) is 0 Å². The van der Waals surface area contributed by atoms with Gasteiger partial charge in [-0.2, -0.15) is 13.5 Å². The van der Waals surface area contributed by atoms with Crippen molar-refractivity contribution in [2.45, 2.75) is 24.5 Å². The lowest BCUT2D eigenvalue weighted by molar-refractivity contribution is -0.136. The van der Waals surface area contributed by atoms with E-state index in [2.05, 4.69) is 5.10 Å². The van der Waals surface area contributed by atoms with E-state index in [0.717, 1.165) is 16.7 Å². The van der Waals surface area contributed by atoms with Crippen LogP contribution in [0.15, 0.2) is 65.8 Å². The molecule has 1 aliphatic heterocycles. The van der Waals surface area contributed by atoms with Crippen LogP contribution in [0.25, 0.3) is 0 Å². The minimum absolute atomic E-state index is 0.00462. The number of carbonyl (C=O) groups excluding carboxylic acids is 1. The summed E-state index contributed by atoms with van der Waals surface area (Å²) in [5.74, 6) is -0.0503. The van der Waals surface area contributed by atoms with E-state index in [1.165, 1.54) is 22.2 Å². The number of hydrogen-bond acceptors (Lipinski definition) is 5. The van der Waals surface area contributed by atoms with E-state index >= 15 is 0 Å². The molecule has 0 saturated carbocycles. The zero-order valence-electron chi connectivity index (χ0n) is 18.1. The maximum Gasteiger partial charge on any atom is 0.283 e. The maximum atomic E-state index is 13.5. The predicted octanol–water partition coefficient (Wildman–Crippen LogP) is 2.35. The summed E-state index contributed by atoms with van der Waals surface area (Å²) in [6, 6.07) is 16.6. The van der Waals surface area contributed by atoms with Crippen molar-refractivity contribution in [3.05, 3.63) is 77.5 Å². The Hall–Kier alpha value is -3.17. The van der Waals surface area contributed by atoms with Gasteiger partial charge in [-0.15, -0.1) is 0 Å². The highest BCUT2D eigenvalue weighted by Crippen LogP contribution is 2.29. The summed E-state index contributed by atoms with van der Waals surface area (Å²) >= 11 is 0. The molecule has 3 aromatic rings. The summed E-state index contributed by atoms with van der Waals surface area (Å²) in [5, 5.41) is 4.14. The fourth-order valence-electron chi connectivity index (χ4n) is 3.83. The highest BCUT2D eigenvalue weighted by Gasteiger charge is 2.29. The Kier molecular flexibility index (Phi) is 6.29. The Morgan fingerprint density at radius 3 is 2.59 bits per heavy atom. The Morgan fingerprint density at radius 2 is 1.91 bits per heavy atom. The van der Waals surface area contributed by atoms with Gasteiger partial charge in [0.1, 0.15) is 6.61 Å². The van der Waals surface area contributed by atoms with E-state index < -0.39 is 10.0 Å². The second kappa shape index (κ2) is 9.13. The molecule has 4 rings (SSSR count). The number of amides is 1. The first-order valence-electron chi connectivity index (χ1n) is 10.3. The lowest BCUT2D eigenvalue weighted by Gasteiger charge is -2.30. The molecule has 32 heavy (non-hydrogen) atoms. The van der Waals surface area contributed by atoms with Crippen LogP contribution in [-0.4, -0.2) is 49.3 Å². The van der Waals surface area contributed by atoms with Gasteiger partial charge in [-0.25, -0.2) is 0 Å². The molecule has 0 radical (unpaired) electrons. The standard InChI is InChI=1S/C23H26N4O4S/c1-25-12-11-22(24-25)32(29,30)27(15-18-6-4-3-5-7-18)21-9-8-20-16-26(23(28)17-31-2)13-10-19(20)14-21/h3-9,11-12,14H,10,13,15-17H2,1-2H3. The average molecular weight is 455 g/mol. The van der Waals surface area contributed by atoms with Crippen LogP contribution in [-0.2, 0) is 46.1 Å². The number of benzene rings is 2. The van der Waals surface area contributed by atoms with Crippen molar-refractivity contribution >= 4 is 21.6 Å². The zero-order valence-corrected chi connectivity index (χ0v) is 19.0. The number of anilines is 1. The minimum atomic E-state index is -3.87. The van der Waals surface area contributed by atoms with Gasteiger partial charge in [-0.3, -0.25) is 13.8 Å². The molecule has 2 heterocycles. The second-order valence-electron chi connectivity index (χ2n) is 7.78. The van der Waals surface area contributed by atoms with Crippen molar-refractivity contribution in [1.82, 2.24) is 14.7 Å². The van der Waals surface area contributed by atoms with E-state index in [1.807, 2.05) is 42.5 Å². The van der Waals surface area contributed by atoms with Crippen molar-refractivity contribution < 1.29 is 17.9 Å². The number of sulfonamides is 1. The highest BCUT2D eigenvalue weighted by molar-refractivity contribution is 7.92. The summed E-state index contributed by atoms with van der Waals surface area (Å²) in [5.41, 5.74) is 3.51. The number of nitrogens with zero attached hydrogens (tertiary/aromatic N) is 4. The fraction of sp³-hybridized carbons (Fsp3) is 0.304. The average Bonchev–Trinajstić information content (AvgIpc) is 3.25. The molecule has 0 spiro atoms. The van der Waals surface area contributed by atoms with Crippen LogP contribution in [0.5, 0.6) is 0 Å². The highest BCUT2D eigenvalue weighted by atomic mass is 32.2. The van der Waals surface area contributed by atoms with Crippen LogP contribution in [0.3, 0.4) is 0 Å². The van der Waals surface area contributed by atoms with Crippen LogP contribution in [0.1, 0.15) is 16.7 Å². The Morgan fingerprint density at radius 1 is 1.12 bits per heavy atom. The zero-order chi connectivity index (χ0) is 22.7. The third kappa shape index (κ3) is 4.53. The largest absolute Gasteiger partial charge is 0.375 e. The van der Waals surface area contributed by atoms with Gasteiger partial charge in [0.2, 0.25) is 5.91 Å². The Labute approximate surface area is 188 Å². The summed E-state index contributed by atoms with van der Waals surface area (Å²) in [6.45, 7) is 1.31. The molecule has 168 valence electrons. The molecule has 0 aliphatic carbocycles. The van der Waals surface area contributed by atoms with Gasteiger partial charge >= 0.3 is 0 Å². The summed E-state index contributed by atoms with van der Waals surface area (Å²) in [7, 11) is -0.673. The van der Waals surface area contributed by atoms with Crippen molar-refractivity contribution in [2.75, 3.05) is 24.6 Å². The molecule has 1 amide bonds. The normalized spacial score (nSPS) is 13.6. The van der Waals surface area contributed by atoms with E-state index in [9.17, 15) is 13.2 Å². The molecule has 8 nitrogen and oxygen atoms in total. The first-order chi connectivity index (χ1) is 15.4. The minimum Gasteiger partial charge on any atom is -0.375 e. The van der Waals surface area contributed by atoms with Crippen molar-refractivity contribution in [2.24, 2.45) is 7.05 Å². The number of aryl methyl sites for hydroxylation is 1. The molecule has 1 aliphatic rings. The number of carbonyl (C=O) groups is 1. The Bertz CT molecular complexity index is 1210. The molecule has 0 fully saturated rings. The molecule has 2 aromatic carbocycles. The van der Waals surface area contributed by atoms with E-state index in [4.69, 9.17) is 4.74 Å². The predicted molar refractivity (Wildman–Crippen MR) is 120 cm³/mol. The molecule has 9 heteroatoms. The second-order valence-corrected chi connectivity index (χ2v) is 9.59. The molecule has 0 saturated heterocycles. The molecular weight excluding hydrogens is 428 g/mol. The number of ether oxygens (including phenoxy) is 1. The molecule has 0 bridgehead atoms. The summed E-state index contributed by atoms with van der Waals surface area (Å²) in [4.78, 5) is 13.9. The SMILES string of the molecule is COCC(=O)N1CCc2cc(N(Cc3ccccc3)S(=O)(=O)c3ccn(C)n3)ccc2C1. The lowest BCUT2D eigenvalue weighted by atomic mass is 9.99. The molecule has 0 atom stereocenters. The van der Waals surface area contributed by atoms with Gasteiger partial charge in [0.15, 0.2) is 5.03 Å². The number of aromatic nitrogens is 2. The van der Waals surface area contributed by atoms with E-state index in [-0.39, 0.29) is 24.1 Å². The van der Waals surface area contributed by atoms with Gasteiger partial charge in [0.05, 0.1) is 12.2 Å². The van der Waals surface area contributed by atoms with Gasteiger partial charge in [0, 0.05) is 33.4 Å². The molecule has 0 N–H and O–H groups in total. The molecule has 0 unspecified atom stereocenters. The number of rotatable bonds is 7. The molecular formula is C23H26N4O4S. The van der Waals surface area contributed by atoms with Crippen molar-refractivity contribution in [3.63, 3.8) is 0 Å². The quantitative estimate of drug-likeness (QED) is 0.547. The van der Waals surface area contributed by atoms with E-state index in [0.29, 0.717) is 25.2 Å². The van der Waals surface area contributed by atoms with Crippen molar-refractivity contribution in [3.8, 4) is 0 Å². The van der Waals surface area contributed by atoms with Gasteiger partial charge < -0.3 is 9.64 Å². The Balaban J connectivity index is 1.68. The monoisotopic (exact) mass is 454 g/mol. The third-order valence-corrected chi connectivity index (χ3v) is 7.19. The maximum absolute atomic E-state index is 13.5. The molecule has 1 aromatic heterocycles. The van der Waals surface area contributed by atoms with Gasteiger partial charge in [0.25, 0.3) is 10.0 Å². The van der Waals surface area contributed by atoms with Crippen LogP contribution < -0.4 is 4.31 Å². The van der Waals surface area contributed by atoms with Gasteiger partial charge in [-0.1, -0.05) is 36.4 Å². The first kappa shape index (κ1) is 22.0. The third-order valence-electron chi connectivity index (χ3n) is 5.52. The first-order valence-corrected chi connectivity index (χ1v) is 11.8. The van der Waals surface area contributed by atoms with Gasteiger partial charge in [-0.05, 0) is 41.3 Å². The lowest BCUT2D eigenvalue weighted by Crippen LogP contribution is -2.38. The van der Waals surface area contributed by atoms with Crippen LogP contribution in [0.2, 0.25) is 0 Å². The van der Waals surface area contributed by atoms with Crippen molar-refractivity contribution in [1.29, 1.82) is 0 Å². The number of hydrogen-bond donors (Lipinski definition) is 0. The number of fused-ring (bicyclic) bond motifs is 1. The van der Waals surface area contributed by atoms with E-state index in [1.54, 1.807) is 24.2 Å². The fourth-order valence-corrected chi connectivity index (χ4v) is 5.23.